The Balaban J connectivity index is 0.000000385. The first-order valence-corrected chi connectivity index (χ1v) is 7.22. The van der Waals surface area contributed by atoms with Gasteiger partial charge in [-0.3, -0.25) is 9.59 Å². The third-order valence-electron chi connectivity index (χ3n) is 1.23. The number of carbonyl (C=O) groups excluding carboxylic acids is 2. The molecule has 2 amide bonds. The summed E-state index contributed by atoms with van der Waals surface area (Å²) in [5.41, 5.74) is 4.65. The predicted molar refractivity (Wildman–Crippen MR) is 78.8 cm³/mol. The maximum absolute atomic E-state index is 10.8. The van der Waals surface area contributed by atoms with Crippen molar-refractivity contribution in [2.24, 2.45) is 12.8 Å². The number of primary amides is 1. The van der Waals surface area contributed by atoms with Crippen LogP contribution in [0.4, 0.5) is 5.82 Å². The molecule has 90 valence electrons. The van der Waals surface area contributed by atoms with E-state index in [1.165, 1.54) is 0 Å². The highest BCUT2D eigenvalue weighted by atomic mass is 127. The van der Waals surface area contributed by atoms with Crippen molar-refractivity contribution in [1.82, 2.24) is 9.55 Å². The van der Waals surface area contributed by atoms with Crippen LogP contribution in [0.5, 0.6) is 0 Å². The van der Waals surface area contributed by atoms with Crippen molar-refractivity contribution < 1.29 is 9.59 Å². The largest absolute Gasteiger partial charge is 0.369 e. The first-order valence-electron chi connectivity index (χ1n) is 4.17. The first kappa shape index (κ1) is 15.6. The molecule has 0 fully saturated rings. The second-order valence-electron chi connectivity index (χ2n) is 2.71. The van der Waals surface area contributed by atoms with E-state index >= 15 is 0 Å². The Morgan fingerprint density at radius 3 is 2.38 bits per heavy atom. The third kappa shape index (κ3) is 7.84. The van der Waals surface area contributed by atoms with E-state index in [1.807, 2.05) is 52.2 Å². The Labute approximate surface area is 121 Å². The molecule has 0 spiro atoms. The highest BCUT2D eigenvalue weighted by Crippen LogP contribution is 2.00. The van der Waals surface area contributed by atoms with Gasteiger partial charge in [-0.25, -0.2) is 4.98 Å². The number of alkyl halides is 2. The van der Waals surface area contributed by atoms with E-state index < -0.39 is 0 Å². The number of imidazole rings is 1. The van der Waals surface area contributed by atoms with E-state index in [9.17, 15) is 9.59 Å². The minimum absolute atomic E-state index is 0.0238. The molecule has 0 aliphatic carbocycles. The fraction of sp³-hybridized carbons (Fsp3) is 0.375. The number of anilines is 1. The molecule has 0 bridgehead atoms. The number of carbonyl (C=O) groups is 2. The second kappa shape index (κ2) is 8.73. The van der Waals surface area contributed by atoms with Crippen LogP contribution in [-0.2, 0) is 16.6 Å². The average Bonchev–Trinajstić information content (AvgIpc) is 2.64. The van der Waals surface area contributed by atoms with Gasteiger partial charge in [-0.2, -0.15) is 0 Å². The van der Waals surface area contributed by atoms with Crippen molar-refractivity contribution in [3.05, 3.63) is 12.5 Å². The molecule has 1 aromatic heterocycles. The van der Waals surface area contributed by atoms with Gasteiger partial charge >= 0.3 is 0 Å². The molecular weight excluding hydrogens is 438 g/mol. The van der Waals surface area contributed by atoms with Crippen molar-refractivity contribution in [2.45, 2.75) is 0 Å². The van der Waals surface area contributed by atoms with Crippen LogP contribution in [0.25, 0.3) is 0 Å². The molecule has 8 heteroatoms. The molecule has 16 heavy (non-hydrogen) atoms. The Bertz CT molecular complexity index is 354. The summed E-state index contributed by atoms with van der Waals surface area (Å²) in [4.78, 5) is 24.3. The summed E-state index contributed by atoms with van der Waals surface area (Å²) in [6, 6.07) is 0. The number of aromatic nitrogens is 2. The van der Waals surface area contributed by atoms with E-state index in [0.29, 0.717) is 14.7 Å². The Kier molecular flexibility index (Phi) is 8.51. The second-order valence-corrected chi connectivity index (χ2v) is 4.23. The number of hydrogen-bond donors (Lipinski definition) is 2. The van der Waals surface area contributed by atoms with Gasteiger partial charge in [-0.15, -0.1) is 0 Å². The zero-order valence-electron chi connectivity index (χ0n) is 8.61. The summed E-state index contributed by atoms with van der Waals surface area (Å²) in [6.45, 7) is 0. The standard InChI is InChI=1S/C6H8IN3O.C2H4INO/c1-10-3-5(8-4-10)9-6(11)2-7;3-1-2(4)5/h3-4H,2H2,1H3,(H,9,11);1H2,(H2,4,5). The highest BCUT2D eigenvalue weighted by molar-refractivity contribution is 14.1. The van der Waals surface area contributed by atoms with Crippen LogP contribution in [0.15, 0.2) is 12.5 Å². The number of hydrogen-bond acceptors (Lipinski definition) is 3. The molecule has 0 aliphatic heterocycles. The summed E-state index contributed by atoms with van der Waals surface area (Å²) in [5, 5.41) is 2.63. The number of amides is 2. The quantitative estimate of drug-likeness (QED) is 0.525. The van der Waals surface area contributed by atoms with E-state index in [1.54, 1.807) is 17.1 Å². The van der Waals surface area contributed by atoms with Crippen LogP contribution in [0.3, 0.4) is 0 Å². The molecule has 1 rings (SSSR count). The fourth-order valence-corrected chi connectivity index (χ4v) is 0.844. The molecule has 1 aromatic rings. The van der Waals surface area contributed by atoms with E-state index in [2.05, 4.69) is 16.0 Å². The minimum Gasteiger partial charge on any atom is -0.369 e. The lowest BCUT2D eigenvalue weighted by atomic mass is 10.6. The molecular formula is C8H12I2N4O2. The van der Waals surface area contributed by atoms with Gasteiger partial charge in [-0.1, -0.05) is 45.2 Å². The van der Waals surface area contributed by atoms with Crippen LogP contribution >= 0.6 is 45.2 Å². The molecule has 0 radical (unpaired) electrons. The van der Waals surface area contributed by atoms with Gasteiger partial charge in [0.05, 0.1) is 15.2 Å². The van der Waals surface area contributed by atoms with E-state index in [4.69, 9.17) is 0 Å². The van der Waals surface area contributed by atoms with Crippen molar-refractivity contribution in [1.29, 1.82) is 0 Å². The number of rotatable bonds is 3. The van der Waals surface area contributed by atoms with Gasteiger partial charge in [0.1, 0.15) is 0 Å². The topological polar surface area (TPSA) is 90.0 Å². The highest BCUT2D eigenvalue weighted by Gasteiger charge is 2.00. The Hall–Kier alpha value is -0.390. The fourth-order valence-electron chi connectivity index (χ4n) is 0.654. The molecule has 0 saturated carbocycles. The van der Waals surface area contributed by atoms with Gasteiger partial charge in [0, 0.05) is 13.2 Å². The lowest BCUT2D eigenvalue weighted by Gasteiger charge is -1.95. The lowest BCUT2D eigenvalue weighted by Crippen LogP contribution is -2.12. The van der Waals surface area contributed by atoms with Crippen molar-refractivity contribution >= 4 is 62.8 Å². The number of halogens is 2. The normalized spacial score (nSPS) is 8.94. The van der Waals surface area contributed by atoms with Gasteiger partial charge in [0.25, 0.3) is 0 Å². The zero-order valence-corrected chi connectivity index (χ0v) is 12.9. The van der Waals surface area contributed by atoms with Crippen molar-refractivity contribution in [3.8, 4) is 0 Å². The Morgan fingerprint density at radius 1 is 1.50 bits per heavy atom. The van der Waals surface area contributed by atoms with Gasteiger partial charge < -0.3 is 15.6 Å². The third-order valence-corrected chi connectivity index (χ3v) is 2.67. The maximum atomic E-state index is 10.8. The SMILES string of the molecule is Cn1cnc(NC(=O)CI)c1.NC(=O)CI. The predicted octanol–water partition coefficient (Wildman–Crippen LogP) is 0.700. The van der Waals surface area contributed by atoms with Gasteiger partial charge in [-0.05, 0) is 0 Å². The summed E-state index contributed by atoms with van der Waals surface area (Å²) in [6.07, 6.45) is 3.40. The smallest absolute Gasteiger partial charge is 0.235 e. The number of aryl methyl sites for hydroxylation is 1. The number of nitrogens with one attached hydrogen (secondary N) is 1. The van der Waals surface area contributed by atoms with Crippen molar-refractivity contribution in [2.75, 3.05) is 14.2 Å². The first-order chi connectivity index (χ1) is 7.49. The summed E-state index contributed by atoms with van der Waals surface area (Å²) in [5.74, 6) is 0.323. The summed E-state index contributed by atoms with van der Waals surface area (Å²) >= 11 is 3.90. The minimum atomic E-state index is -0.259. The summed E-state index contributed by atoms with van der Waals surface area (Å²) in [7, 11) is 1.85. The molecule has 0 aliphatic rings. The van der Waals surface area contributed by atoms with Crippen LogP contribution in [0, 0.1) is 0 Å². The lowest BCUT2D eigenvalue weighted by molar-refractivity contribution is -0.115. The Morgan fingerprint density at radius 2 is 2.06 bits per heavy atom. The van der Waals surface area contributed by atoms with Crippen molar-refractivity contribution in [3.63, 3.8) is 0 Å². The number of nitrogens with two attached hydrogens (primary N) is 1. The van der Waals surface area contributed by atoms with Crippen LogP contribution in [0.1, 0.15) is 0 Å². The van der Waals surface area contributed by atoms with E-state index in [0.717, 1.165) is 0 Å². The van der Waals surface area contributed by atoms with Gasteiger partial charge in [0.15, 0.2) is 5.82 Å². The average molecular weight is 450 g/mol. The monoisotopic (exact) mass is 450 g/mol. The molecule has 1 heterocycles. The zero-order chi connectivity index (χ0) is 12.6. The van der Waals surface area contributed by atoms with E-state index in [-0.39, 0.29) is 11.8 Å². The summed E-state index contributed by atoms with van der Waals surface area (Å²) < 4.78 is 2.65. The van der Waals surface area contributed by atoms with Crippen LogP contribution < -0.4 is 11.1 Å². The van der Waals surface area contributed by atoms with Crippen LogP contribution in [0.2, 0.25) is 0 Å². The molecule has 6 nitrogen and oxygen atoms in total. The number of nitrogens with zero attached hydrogens (tertiary/aromatic N) is 2. The van der Waals surface area contributed by atoms with Gasteiger partial charge in [0.2, 0.25) is 11.8 Å². The maximum Gasteiger partial charge on any atom is 0.235 e. The molecule has 3 N–H and O–H groups in total. The molecule has 0 aromatic carbocycles. The molecule has 0 atom stereocenters. The molecule has 0 saturated heterocycles. The van der Waals surface area contributed by atoms with Crippen LogP contribution in [-0.4, -0.2) is 30.2 Å². The molecule has 0 unspecified atom stereocenters.